The van der Waals surface area contributed by atoms with Gasteiger partial charge in [0.05, 0.1) is 5.75 Å². The first-order valence-corrected chi connectivity index (χ1v) is 8.10. The quantitative estimate of drug-likeness (QED) is 0.660. The van der Waals surface area contributed by atoms with Gasteiger partial charge in [-0.1, -0.05) is 30.7 Å². The summed E-state index contributed by atoms with van der Waals surface area (Å²) in [6, 6.07) is 5.04. The van der Waals surface area contributed by atoms with Gasteiger partial charge >= 0.3 is 0 Å². The number of rotatable bonds is 7. The van der Waals surface area contributed by atoms with Crippen molar-refractivity contribution in [1.82, 2.24) is 4.72 Å². The van der Waals surface area contributed by atoms with Crippen molar-refractivity contribution < 1.29 is 8.42 Å². The normalized spacial score (nSPS) is 11.3. The molecule has 0 unspecified atom stereocenters. The summed E-state index contributed by atoms with van der Waals surface area (Å²) in [7, 11) is -3.25. The van der Waals surface area contributed by atoms with Crippen LogP contribution in [0.3, 0.4) is 0 Å². The van der Waals surface area contributed by atoms with E-state index in [0.717, 1.165) is 0 Å². The molecular weight excluding hydrogens is 306 g/mol. The molecule has 19 heavy (non-hydrogen) atoms. The van der Waals surface area contributed by atoms with Crippen LogP contribution in [0.1, 0.15) is 12.5 Å². The predicted molar refractivity (Wildman–Crippen MR) is 83.3 cm³/mol. The van der Waals surface area contributed by atoms with Crippen molar-refractivity contribution in [1.29, 1.82) is 0 Å². The number of anilines is 1. The standard InChI is InChI=1S/C11H16ClN3O2S2/c1-2-15-19(16,17)6-5-14-10-7-8(12)3-4-9(10)11(13)18/h3-4,7,14-15H,2,5-6H2,1H3,(H2,13,18). The zero-order valence-electron chi connectivity index (χ0n) is 10.4. The first-order chi connectivity index (χ1) is 8.85. The molecule has 0 saturated carbocycles. The molecule has 0 atom stereocenters. The van der Waals surface area contributed by atoms with Crippen molar-refractivity contribution in [3.63, 3.8) is 0 Å². The molecule has 106 valence electrons. The Kier molecular flexibility index (Phi) is 5.99. The molecule has 0 heterocycles. The van der Waals surface area contributed by atoms with Crippen molar-refractivity contribution in [2.75, 3.05) is 24.2 Å². The second-order valence-corrected chi connectivity index (χ2v) is 6.60. The lowest BCUT2D eigenvalue weighted by atomic mass is 10.2. The lowest BCUT2D eigenvalue weighted by Crippen LogP contribution is -2.29. The van der Waals surface area contributed by atoms with Gasteiger partial charge in [-0.2, -0.15) is 0 Å². The van der Waals surface area contributed by atoms with Crippen LogP contribution in [0.2, 0.25) is 5.02 Å². The van der Waals surface area contributed by atoms with E-state index >= 15 is 0 Å². The van der Waals surface area contributed by atoms with Gasteiger partial charge in [0.25, 0.3) is 0 Å². The minimum Gasteiger partial charge on any atom is -0.389 e. The van der Waals surface area contributed by atoms with Gasteiger partial charge in [0.15, 0.2) is 0 Å². The Balaban J connectivity index is 2.73. The molecule has 0 fully saturated rings. The first-order valence-electron chi connectivity index (χ1n) is 5.66. The monoisotopic (exact) mass is 321 g/mol. The number of thiocarbonyl (C=S) groups is 1. The van der Waals surface area contributed by atoms with Crippen LogP contribution in [0.15, 0.2) is 18.2 Å². The van der Waals surface area contributed by atoms with Crippen LogP contribution in [-0.2, 0) is 10.0 Å². The van der Waals surface area contributed by atoms with Crippen LogP contribution in [0.25, 0.3) is 0 Å². The Labute approximate surface area is 123 Å². The molecule has 0 bridgehead atoms. The highest BCUT2D eigenvalue weighted by molar-refractivity contribution is 7.89. The Morgan fingerprint density at radius 2 is 2.16 bits per heavy atom. The molecule has 8 heteroatoms. The van der Waals surface area contributed by atoms with Gasteiger partial charge < -0.3 is 11.1 Å². The summed E-state index contributed by atoms with van der Waals surface area (Å²) in [6.07, 6.45) is 0. The van der Waals surface area contributed by atoms with E-state index in [1.54, 1.807) is 25.1 Å². The number of sulfonamides is 1. The zero-order chi connectivity index (χ0) is 14.5. The number of benzene rings is 1. The van der Waals surface area contributed by atoms with Crippen molar-refractivity contribution in [2.45, 2.75) is 6.92 Å². The maximum absolute atomic E-state index is 11.5. The molecule has 1 rings (SSSR count). The number of hydrogen-bond donors (Lipinski definition) is 3. The number of nitrogens with two attached hydrogens (primary N) is 1. The van der Waals surface area contributed by atoms with E-state index in [2.05, 4.69) is 10.0 Å². The summed E-state index contributed by atoms with van der Waals surface area (Å²) in [5.41, 5.74) is 6.86. The van der Waals surface area contributed by atoms with Gasteiger partial charge in [-0.25, -0.2) is 13.1 Å². The van der Waals surface area contributed by atoms with Crippen molar-refractivity contribution in [3.05, 3.63) is 28.8 Å². The molecule has 0 aromatic heterocycles. The SMILES string of the molecule is CCNS(=O)(=O)CCNc1cc(Cl)ccc1C(N)=S. The van der Waals surface area contributed by atoms with Gasteiger partial charge in [-0.05, 0) is 18.2 Å². The topological polar surface area (TPSA) is 84.2 Å². The largest absolute Gasteiger partial charge is 0.389 e. The maximum Gasteiger partial charge on any atom is 0.213 e. The number of nitrogens with one attached hydrogen (secondary N) is 2. The molecule has 0 aliphatic carbocycles. The molecule has 0 radical (unpaired) electrons. The van der Waals surface area contributed by atoms with E-state index in [9.17, 15) is 8.42 Å². The third kappa shape index (κ3) is 5.32. The molecule has 0 aliphatic heterocycles. The molecule has 0 amide bonds. The van der Waals surface area contributed by atoms with Gasteiger partial charge in [0.1, 0.15) is 4.99 Å². The van der Waals surface area contributed by atoms with Gasteiger partial charge in [0.2, 0.25) is 10.0 Å². The lowest BCUT2D eigenvalue weighted by molar-refractivity contribution is 0.584. The second-order valence-electron chi connectivity index (χ2n) is 3.80. The summed E-state index contributed by atoms with van der Waals surface area (Å²) in [6.45, 7) is 2.34. The fourth-order valence-electron chi connectivity index (χ4n) is 1.49. The molecule has 4 N–H and O–H groups in total. The number of hydrogen-bond acceptors (Lipinski definition) is 4. The summed E-state index contributed by atoms with van der Waals surface area (Å²) >= 11 is 10.8. The highest BCUT2D eigenvalue weighted by Gasteiger charge is 2.10. The summed E-state index contributed by atoms with van der Waals surface area (Å²) in [5.74, 6) is -0.0376. The molecule has 1 aromatic carbocycles. The van der Waals surface area contributed by atoms with Gasteiger partial charge in [-0.15, -0.1) is 0 Å². The Hall–Kier alpha value is -0.890. The zero-order valence-corrected chi connectivity index (χ0v) is 12.8. The number of halogens is 1. The van der Waals surface area contributed by atoms with Crippen LogP contribution >= 0.6 is 23.8 Å². The third-order valence-electron chi connectivity index (χ3n) is 2.30. The summed E-state index contributed by atoms with van der Waals surface area (Å²) < 4.78 is 25.4. The second kappa shape index (κ2) is 7.04. The fraction of sp³-hybridized carbons (Fsp3) is 0.364. The van der Waals surface area contributed by atoms with Crippen molar-refractivity contribution in [2.24, 2.45) is 5.73 Å². The van der Waals surface area contributed by atoms with Crippen molar-refractivity contribution >= 4 is 44.5 Å². The molecule has 0 aliphatic rings. The average Bonchev–Trinajstić information content (AvgIpc) is 2.28. The van der Waals surface area contributed by atoms with Crippen LogP contribution in [0, 0.1) is 0 Å². The van der Waals surface area contributed by atoms with E-state index in [-0.39, 0.29) is 17.3 Å². The first kappa shape index (κ1) is 16.2. The highest BCUT2D eigenvalue weighted by atomic mass is 35.5. The van der Waals surface area contributed by atoms with Crippen LogP contribution in [0.5, 0.6) is 0 Å². The fourth-order valence-corrected chi connectivity index (χ4v) is 2.79. The Morgan fingerprint density at radius 3 is 2.74 bits per heavy atom. The van der Waals surface area contributed by atoms with Crippen molar-refractivity contribution in [3.8, 4) is 0 Å². The molecule has 1 aromatic rings. The Bertz CT molecular complexity index is 561. The van der Waals surface area contributed by atoms with E-state index in [1.165, 1.54) is 0 Å². The van der Waals surface area contributed by atoms with E-state index in [1.807, 2.05) is 0 Å². The molecule has 5 nitrogen and oxygen atoms in total. The maximum atomic E-state index is 11.5. The molecule has 0 saturated heterocycles. The predicted octanol–water partition coefficient (Wildman–Crippen LogP) is 1.33. The summed E-state index contributed by atoms with van der Waals surface area (Å²) in [4.78, 5) is 0.230. The summed E-state index contributed by atoms with van der Waals surface area (Å²) in [5, 5.41) is 3.50. The Morgan fingerprint density at radius 1 is 1.47 bits per heavy atom. The average molecular weight is 322 g/mol. The van der Waals surface area contributed by atoms with E-state index in [0.29, 0.717) is 22.8 Å². The highest BCUT2D eigenvalue weighted by Crippen LogP contribution is 2.20. The van der Waals surface area contributed by atoms with Crippen LogP contribution < -0.4 is 15.8 Å². The molecular formula is C11H16ClN3O2S2. The van der Waals surface area contributed by atoms with Crippen LogP contribution in [0.4, 0.5) is 5.69 Å². The van der Waals surface area contributed by atoms with Gasteiger partial charge in [-0.3, -0.25) is 0 Å². The lowest BCUT2D eigenvalue weighted by Gasteiger charge is -2.12. The smallest absolute Gasteiger partial charge is 0.213 e. The van der Waals surface area contributed by atoms with E-state index in [4.69, 9.17) is 29.6 Å². The molecule has 0 spiro atoms. The minimum atomic E-state index is -3.25. The van der Waals surface area contributed by atoms with Crippen LogP contribution in [-0.4, -0.2) is 32.2 Å². The minimum absolute atomic E-state index is 0.0376. The third-order valence-corrected chi connectivity index (χ3v) is 4.22. The van der Waals surface area contributed by atoms with Gasteiger partial charge in [0, 0.05) is 29.4 Å². The van der Waals surface area contributed by atoms with E-state index < -0.39 is 10.0 Å².